The van der Waals surface area contributed by atoms with Crippen molar-refractivity contribution in [1.82, 2.24) is 4.98 Å². The van der Waals surface area contributed by atoms with Crippen molar-refractivity contribution >= 4 is 52.2 Å². The number of carbonyl (C=O) groups is 3. The number of benzene rings is 2. The van der Waals surface area contributed by atoms with Gasteiger partial charge in [0, 0.05) is 37.6 Å². The van der Waals surface area contributed by atoms with Gasteiger partial charge in [-0.2, -0.15) is 8.78 Å². The topological polar surface area (TPSA) is 108 Å². The molecule has 1 unspecified atom stereocenters. The van der Waals surface area contributed by atoms with Crippen LogP contribution in [0.25, 0.3) is 0 Å². The van der Waals surface area contributed by atoms with Gasteiger partial charge in [0.05, 0.1) is 41.1 Å². The largest absolute Gasteiger partial charge is 0.489 e. The van der Waals surface area contributed by atoms with Crippen molar-refractivity contribution in [3.63, 3.8) is 0 Å². The Balaban J connectivity index is 1.28. The SMILES string of the molecule is O=C(CN1C(=O)C(=O)c2ccc(N3CCOCC3)cc21)OC(Cc1c(Cl)cncc1Cl)c1ccc(OC(F)F)c(OCC2CC2)c1. The van der Waals surface area contributed by atoms with Crippen molar-refractivity contribution in [3.05, 3.63) is 75.5 Å². The van der Waals surface area contributed by atoms with Crippen molar-refractivity contribution in [2.45, 2.75) is 32.0 Å². The molecular formula is C32H29Cl2F2N3O7. The van der Waals surface area contributed by atoms with Gasteiger partial charge >= 0.3 is 12.6 Å². The lowest BCUT2D eigenvalue weighted by Crippen LogP contribution is -2.37. The number of carbonyl (C=O) groups excluding carboxylic acids is 3. The lowest BCUT2D eigenvalue weighted by Gasteiger charge is -2.29. The number of aromatic nitrogens is 1. The quantitative estimate of drug-likeness (QED) is 0.177. The number of fused-ring (bicyclic) bond motifs is 1. The van der Waals surface area contributed by atoms with E-state index >= 15 is 0 Å². The molecule has 0 radical (unpaired) electrons. The number of morpholine rings is 1. The summed E-state index contributed by atoms with van der Waals surface area (Å²) in [5, 5.41) is 0.447. The molecule has 6 rings (SSSR count). The molecule has 14 heteroatoms. The van der Waals surface area contributed by atoms with Crippen LogP contribution in [-0.4, -0.2) is 68.7 Å². The van der Waals surface area contributed by atoms with Crippen LogP contribution in [0.3, 0.4) is 0 Å². The number of anilines is 2. The van der Waals surface area contributed by atoms with E-state index in [1.807, 2.05) is 0 Å². The summed E-state index contributed by atoms with van der Waals surface area (Å²) < 4.78 is 48.2. The number of nitrogens with zero attached hydrogens (tertiary/aromatic N) is 3. The molecule has 3 aliphatic rings. The number of hydrogen-bond donors (Lipinski definition) is 0. The zero-order valence-corrected chi connectivity index (χ0v) is 25.9. The van der Waals surface area contributed by atoms with Gasteiger partial charge in [0.15, 0.2) is 11.5 Å². The molecule has 0 spiro atoms. The Kier molecular flexibility index (Phi) is 9.57. The molecule has 46 heavy (non-hydrogen) atoms. The molecule has 1 aliphatic carbocycles. The van der Waals surface area contributed by atoms with Crippen LogP contribution in [0.1, 0.15) is 40.4 Å². The van der Waals surface area contributed by atoms with Crippen LogP contribution in [0.5, 0.6) is 11.5 Å². The monoisotopic (exact) mass is 675 g/mol. The molecule has 1 atom stereocenters. The maximum Gasteiger partial charge on any atom is 0.387 e. The minimum atomic E-state index is -3.08. The van der Waals surface area contributed by atoms with Crippen molar-refractivity contribution < 1.29 is 42.1 Å². The van der Waals surface area contributed by atoms with Crippen LogP contribution in [0, 0.1) is 5.92 Å². The number of rotatable bonds is 12. The maximum absolute atomic E-state index is 13.5. The second-order valence-electron chi connectivity index (χ2n) is 11.1. The fourth-order valence-corrected chi connectivity index (χ4v) is 5.87. The second-order valence-corrected chi connectivity index (χ2v) is 11.9. The fourth-order valence-electron chi connectivity index (χ4n) is 5.35. The average Bonchev–Trinajstić information content (AvgIpc) is 3.85. The summed E-state index contributed by atoms with van der Waals surface area (Å²) in [6.07, 6.45) is 3.65. The average molecular weight is 677 g/mol. The Hall–Kier alpha value is -4.00. The van der Waals surface area contributed by atoms with Crippen LogP contribution >= 0.6 is 23.2 Å². The molecule has 2 aliphatic heterocycles. The molecule has 3 aromatic rings. The van der Waals surface area contributed by atoms with E-state index in [2.05, 4.69) is 14.6 Å². The van der Waals surface area contributed by atoms with E-state index < -0.39 is 36.9 Å². The number of amides is 1. The summed E-state index contributed by atoms with van der Waals surface area (Å²) in [5.74, 6) is -2.20. The summed E-state index contributed by atoms with van der Waals surface area (Å²) in [7, 11) is 0. The Morgan fingerprint density at radius 3 is 2.46 bits per heavy atom. The number of Topliss-reactive ketones (excluding diaryl/α,β-unsaturated/α-hetero) is 1. The zero-order chi connectivity index (χ0) is 32.4. The number of ether oxygens (including phenoxy) is 4. The van der Waals surface area contributed by atoms with Gasteiger partial charge in [-0.25, -0.2) is 0 Å². The fraction of sp³-hybridized carbons (Fsp3) is 0.375. The standard InChI is InChI=1S/C32H29Cl2F2N3O7/c33-23-14-37-15-24(34)22(23)13-27(19-3-6-26(46-32(35)36)28(11-19)44-17-18-1-2-18)45-29(40)16-39-25-12-20(38-7-9-43-10-8-38)4-5-21(25)30(41)31(39)42/h3-6,11-12,14-15,18,27,32H,1-2,7-10,13,16-17H2. The van der Waals surface area contributed by atoms with Gasteiger partial charge < -0.3 is 23.8 Å². The molecule has 1 saturated carbocycles. The van der Waals surface area contributed by atoms with Gasteiger partial charge in [0.1, 0.15) is 12.6 Å². The Bertz CT molecular complexity index is 1630. The first-order valence-corrected chi connectivity index (χ1v) is 15.5. The summed E-state index contributed by atoms with van der Waals surface area (Å²) in [6.45, 7) is -0.969. The predicted molar refractivity (Wildman–Crippen MR) is 164 cm³/mol. The molecule has 10 nitrogen and oxygen atoms in total. The van der Waals surface area contributed by atoms with Crippen molar-refractivity contribution in [2.24, 2.45) is 5.92 Å². The van der Waals surface area contributed by atoms with Crippen LogP contribution in [0.4, 0.5) is 20.2 Å². The highest BCUT2D eigenvalue weighted by molar-refractivity contribution is 6.52. The van der Waals surface area contributed by atoms with Crippen molar-refractivity contribution in [3.8, 4) is 11.5 Å². The van der Waals surface area contributed by atoms with Gasteiger partial charge in [-0.05, 0) is 60.2 Å². The van der Waals surface area contributed by atoms with Gasteiger partial charge in [-0.1, -0.05) is 29.3 Å². The first kappa shape index (κ1) is 32.0. The van der Waals surface area contributed by atoms with E-state index in [1.54, 1.807) is 18.2 Å². The molecule has 242 valence electrons. The Morgan fingerprint density at radius 2 is 1.76 bits per heavy atom. The number of ketones is 1. The third kappa shape index (κ3) is 7.19. The molecule has 1 aromatic heterocycles. The highest BCUT2D eigenvalue weighted by Gasteiger charge is 2.38. The summed E-state index contributed by atoms with van der Waals surface area (Å²) >= 11 is 12.8. The maximum atomic E-state index is 13.5. The van der Waals surface area contributed by atoms with Crippen molar-refractivity contribution in [1.29, 1.82) is 0 Å². The number of alkyl halides is 2. The Morgan fingerprint density at radius 1 is 1.02 bits per heavy atom. The number of halogens is 4. The molecular weight excluding hydrogens is 647 g/mol. The summed E-state index contributed by atoms with van der Waals surface area (Å²) in [6, 6.07) is 9.29. The molecule has 0 N–H and O–H groups in total. The lowest BCUT2D eigenvalue weighted by molar-refractivity contribution is -0.148. The number of esters is 1. The molecule has 3 heterocycles. The van der Waals surface area contributed by atoms with E-state index in [0.29, 0.717) is 55.6 Å². The van der Waals surface area contributed by atoms with E-state index in [0.717, 1.165) is 23.4 Å². The first-order valence-electron chi connectivity index (χ1n) is 14.7. The summed E-state index contributed by atoms with van der Waals surface area (Å²) in [5.41, 5.74) is 2.08. The molecule has 1 amide bonds. The highest BCUT2D eigenvalue weighted by atomic mass is 35.5. The molecule has 0 bridgehead atoms. The number of pyridine rings is 1. The smallest absolute Gasteiger partial charge is 0.387 e. The lowest BCUT2D eigenvalue weighted by atomic mass is 10.0. The van der Waals surface area contributed by atoms with Crippen molar-refractivity contribution in [2.75, 3.05) is 49.3 Å². The zero-order valence-electron chi connectivity index (χ0n) is 24.4. The minimum absolute atomic E-state index is 0.0202. The highest BCUT2D eigenvalue weighted by Crippen LogP contribution is 2.38. The third-order valence-corrected chi connectivity index (χ3v) is 8.61. The minimum Gasteiger partial charge on any atom is -0.489 e. The van der Waals surface area contributed by atoms with Gasteiger partial charge in [-0.3, -0.25) is 24.3 Å². The molecule has 2 aromatic carbocycles. The summed E-state index contributed by atoms with van der Waals surface area (Å²) in [4.78, 5) is 46.5. The normalized spacial score (nSPS) is 16.9. The van der Waals surface area contributed by atoms with Gasteiger partial charge in [0.25, 0.3) is 11.7 Å². The van der Waals surface area contributed by atoms with E-state index in [1.165, 1.54) is 30.6 Å². The van der Waals surface area contributed by atoms with Gasteiger partial charge in [-0.15, -0.1) is 0 Å². The van der Waals surface area contributed by atoms with Crippen LogP contribution < -0.4 is 19.3 Å². The third-order valence-electron chi connectivity index (χ3n) is 7.96. The first-order chi connectivity index (χ1) is 22.2. The van der Waals surface area contributed by atoms with E-state index in [4.69, 9.17) is 37.4 Å². The van der Waals surface area contributed by atoms with Crippen LogP contribution in [0.2, 0.25) is 10.0 Å². The van der Waals surface area contributed by atoms with Gasteiger partial charge in [0.2, 0.25) is 0 Å². The van der Waals surface area contributed by atoms with E-state index in [-0.39, 0.29) is 33.5 Å². The molecule has 2 fully saturated rings. The second kappa shape index (κ2) is 13.8. The van der Waals surface area contributed by atoms with Crippen LogP contribution in [0.15, 0.2) is 48.8 Å². The van der Waals surface area contributed by atoms with Crippen LogP contribution in [-0.2, 0) is 25.5 Å². The molecule has 1 saturated heterocycles. The number of hydrogen-bond acceptors (Lipinski definition) is 9. The Labute approximate surface area is 273 Å². The predicted octanol–water partition coefficient (Wildman–Crippen LogP) is 5.67. The van der Waals surface area contributed by atoms with E-state index in [9.17, 15) is 23.2 Å².